The lowest BCUT2D eigenvalue weighted by atomic mass is 10.1. The zero-order valence-corrected chi connectivity index (χ0v) is 11.7. The third-order valence-corrected chi connectivity index (χ3v) is 3.52. The Hall–Kier alpha value is -1.86. The largest absolute Gasteiger partial charge is 0.348 e. The number of nitrogens with zero attached hydrogens (tertiary/aromatic N) is 1. The number of carbonyl (C=O) groups excluding carboxylic acids is 1. The molecule has 0 unspecified atom stereocenters. The number of amides is 1. The minimum Gasteiger partial charge on any atom is -0.348 e. The van der Waals surface area contributed by atoms with Gasteiger partial charge in [-0.15, -0.1) is 0 Å². The standard InChI is InChI=1S/C16H21N3O/c17-11-5-6-13-9-10-15(18-12-13)16(20)19-14-7-3-1-2-4-8-14/h9-10,12,14H,1-4,7-8,11,17H2,(H,19,20). The second-order valence-electron chi connectivity index (χ2n) is 5.10. The highest BCUT2D eigenvalue weighted by Crippen LogP contribution is 2.17. The average Bonchev–Trinajstić information content (AvgIpc) is 2.74. The fourth-order valence-corrected chi connectivity index (χ4v) is 2.44. The van der Waals surface area contributed by atoms with E-state index in [9.17, 15) is 4.79 Å². The van der Waals surface area contributed by atoms with Crippen molar-refractivity contribution in [3.8, 4) is 11.8 Å². The maximum Gasteiger partial charge on any atom is 0.270 e. The highest BCUT2D eigenvalue weighted by molar-refractivity contribution is 5.92. The van der Waals surface area contributed by atoms with Crippen molar-refractivity contribution in [2.75, 3.05) is 6.54 Å². The van der Waals surface area contributed by atoms with Gasteiger partial charge in [0.1, 0.15) is 5.69 Å². The summed E-state index contributed by atoms with van der Waals surface area (Å²) < 4.78 is 0. The van der Waals surface area contributed by atoms with Crippen LogP contribution in [0.1, 0.15) is 54.6 Å². The minimum absolute atomic E-state index is 0.0877. The molecule has 0 radical (unpaired) electrons. The van der Waals surface area contributed by atoms with E-state index >= 15 is 0 Å². The number of nitrogens with one attached hydrogen (secondary N) is 1. The summed E-state index contributed by atoms with van der Waals surface area (Å²) in [6, 6.07) is 3.81. The lowest BCUT2D eigenvalue weighted by Gasteiger charge is -2.15. The van der Waals surface area contributed by atoms with Crippen LogP contribution in [-0.2, 0) is 0 Å². The first-order valence-electron chi connectivity index (χ1n) is 7.25. The summed E-state index contributed by atoms with van der Waals surface area (Å²) in [6.45, 7) is 0.323. The molecule has 1 aromatic heterocycles. The van der Waals surface area contributed by atoms with Crippen LogP contribution in [0, 0.1) is 11.8 Å². The molecule has 1 aliphatic rings. The van der Waals surface area contributed by atoms with Gasteiger partial charge in [0.15, 0.2) is 0 Å². The lowest BCUT2D eigenvalue weighted by Crippen LogP contribution is -2.34. The Labute approximate surface area is 120 Å². The SMILES string of the molecule is NCC#Cc1ccc(C(=O)NC2CCCCCC2)nc1. The van der Waals surface area contributed by atoms with Gasteiger partial charge in [-0.1, -0.05) is 37.5 Å². The average molecular weight is 271 g/mol. The van der Waals surface area contributed by atoms with Gasteiger partial charge in [-0.2, -0.15) is 0 Å². The number of nitrogens with two attached hydrogens (primary N) is 1. The summed E-state index contributed by atoms with van der Waals surface area (Å²) in [6.07, 6.45) is 8.72. The van der Waals surface area contributed by atoms with Gasteiger partial charge < -0.3 is 11.1 Å². The smallest absolute Gasteiger partial charge is 0.270 e. The summed E-state index contributed by atoms with van der Waals surface area (Å²) in [5.41, 5.74) is 6.54. The highest BCUT2D eigenvalue weighted by Gasteiger charge is 2.16. The number of rotatable bonds is 2. The first kappa shape index (κ1) is 14.5. The van der Waals surface area contributed by atoms with Crippen molar-refractivity contribution in [2.45, 2.75) is 44.6 Å². The fraction of sp³-hybridized carbons (Fsp3) is 0.500. The van der Waals surface area contributed by atoms with Crippen molar-refractivity contribution >= 4 is 5.91 Å². The molecule has 0 aliphatic heterocycles. The second kappa shape index (κ2) is 7.66. The van der Waals surface area contributed by atoms with Crippen LogP contribution in [0.5, 0.6) is 0 Å². The molecule has 0 saturated heterocycles. The van der Waals surface area contributed by atoms with Gasteiger partial charge >= 0.3 is 0 Å². The van der Waals surface area contributed by atoms with E-state index in [1.165, 1.54) is 25.7 Å². The highest BCUT2D eigenvalue weighted by atomic mass is 16.1. The van der Waals surface area contributed by atoms with Crippen LogP contribution < -0.4 is 11.1 Å². The molecule has 1 heterocycles. The quantitative estimate of drug-likeness (QED) is 0.637. The van der Waals surface area contributed by atoms with Crippen molar-refractivity contribution in [2.24, 2.45) is 5.73 Å². The first-order valence-corrected chi connectivity index (χ1v) is 7.25. The van der Waals surface area contributed by atoms with Gasteiger partial charge in [-0.05, 0) is 25.0 Å². The van der Waals surface area contributed by atoms with Crippen molar-refractivity contribution in [1.82, 2.24) is 10.3 Å². The third-order valence-electron chi connectivity index (χ3n) is 3.52. The van der Waals surface area contributed by atoms with Crippen LogP contribution in [-0.4, -0.2) is 23.5 Å². The molecule has 1 aliphatic carbocycles. The summed E-state index contributed by atoms with van der Waals surface area (Å²) in [7, 11) is 0. The minimum atomic E-state index is -0.0877. The Morgan fingerprint density at radius 2 is 2.05 bits per heavy atom. The molecule has 3 N–H and O–H groups in total. The summed E-state index contributed by atoms with van der Waals surface area (Å²) in [5, 5.41) is 3.08. The van der Waals surface area contributed by atoms with Gasteiger partial charge in [0.25, 0.3) is 5.91 Å². The van der Waals surface area contributed by atoms with Gasteiger partial charge in [-0.25, -0.2) is 4.98 Å². The van der Waals surface area contributed by atoms with E-state index in [0.29, 0.717) is 18.3 Å². The Bertz CT molecular complexity index is 491. The van der Waals surface area contributed by atoms with Gasteiger partial charge in [0, 0.05) is 17.8 Å². The van der Waals surface area contributed by atoms with Gasteiger partial charge in [0.2, 0.25) is 0 Å². The zero-order valence-electron chi connectivity index (χ0n) is 11.7. The molecule has 0 atom stereocenters. The molecule has 0 bridgehead atoms. The van der Waals surface area contributed by atoms with E-state index in [-0.39, 0.29) is 5.91 Å². The Balaban J connectivity index is 1.94. The zero-order chi connectivity index (χ0) is 14.2. The molecule has 1 amide bonds. The molecule has 4 heteroatoms. The van der Waals surface area contributed by atoms with Crippen molar-refractivity contribution in [1.29, 1.82) is 0 Å². The van der Waals surface area contributed by atoms with Crippen LogP contribution in [0.4, 0.5) is 0 Å². The van der Waals surface area contributed by atoms with E-state index in [2.05, 4.69) is 22.1 Å². The van der Waals surface area contributed by atoms with E-state index in [1.807, 2.05) is 0 Å². The molecule has 2 rings (SSSR count). The Kier molecular flexibility index (Phi) is 5.57. The monoisotopic (exact) mass is 271 g/mol. The van der Waals surface area contributed by atoms with Crippen molar-refractivity contribution < 1.29 is 4.79 Å². The van der Waals surface area contributed by atoms with E-state index in [0.717, 1.165) is 18.4 Å². The van der Waals surface area contributed by atoms with Gasteiger partial charge in [-0.3, -0.25) is 4.79 Å². The second-order valence-corrected chi connectivity index (χ2v) is 5.10. The van der Waals surface area contributed by atoms with Crippen molar-refractivity contribution in [3.63, 3.8) is 0 Å². The lowest BCUT2D eigenvalue weighted by molar-refractivity contribution is 0.0928. The maximum absolute atomic E-state index is 12.1. The topological polar surface area (TPSA) is 68.0 Å². The summed E-state index contributed by atoms with van der Waals surface area (Å²) in [4.78, 5) is 16.3. The molecular formula is C16H21N3O. The molecule has 1 aromatic rings. The molecule has 1 saturated carbocycles. The normalized spacial score (nSPS) is 15.8. The summed E-state index contributed by atoms with van der Waals surface area (Å²) in [5.74, 6) is 5.57. The maximum atomic E-state index is 12.1. The number of hydrogen-bond acceptors (Lipinski definition) is 3. The number of carbonyl (C=O) groups is 1. The first-order chi connectivity index (χ1) is 9.79. The predicted octanol–water partition coefficient (Wildman–Crippen LogP) is 1.84. The number of aromatic nitrogens is 1. The predicted molar refractivity (Wildman–Crippen MR) is 79.1 cm³/mol. The van der Waals surface area contributed by atoms with Crippen LogP contribution in [0.2, 0.25) is 0 Å². The number of hydrogen-bond donors (Lipinski definition) is 2. The van der Waals surface area contributed by atoms with Crippen LogP contribution in [0.15, 0.2) is 18.3 Å². The number of pyridine rings is 1. The Morgan fingerprint density at radius 1 is 1.30 bits per heavy atom. The summed E-state index contributed by atoms with van der Waals surface area (Å²) >= 11 is 0. The molecule has 4 nitrogen and oxygen atoms in total. The molecule has 1 fully saturated rings. The van der Waals surface area contributed by atoms with Crippen LogP contribution in [0.3, 0.4) is 0 Å². The van der Waals surface area contributed by atoms with E-state index in [1.54, 1.807) is 18.3 Å². The van der Waals surface area contributed by atoms with E-state index in [4.69, 9.17) is 5.73 Å². The molecule has 0 aromatic carbocycles. The van der Waals surface area contributed by atoms with Crippen LogP contribution in [0.25, 0.3) is 0 Å². The molecular weight excluding hydrogens is 250 g/mol. The molecule has 106 valence electrons. The third kappa shape index (κ3) is 4.36. The van der Waals surface area contributed by atoms with Crippen molar-refractivity contribution in [3.05, 3.63) is 29.6 Å². The Morgan fingerprint density at radius 3 is 2.65 bits per heavy atom. The molecule has 20 heavy (non-hydrogen) atoms. The van der Waals surface area contributed by atoms with Crippen LogP contribution >= 0.6 is 0 Å². The fourth-order valence-electron chi connectivity index (χ4n) is 2.44. The van der Waals surface area contributed by atoms with E-state index < -0.39 is 0 Å². The molecule has 0 spiro atoms. The van der Waals surface area contributed by atoms with Gasteiger partial charge in [0.05, 0.1) is 6.54 Å².